The van der Waals surface area contributed by atoms with Crippen molar-refractivity contribution in [1.82, 2.24) is 9.88 Å². The maximum absolute atomic E-state index is 9.39. The van der Waals surface area contributed by atoms with Gasteiger partial charge in [0.15, 0.2) is 0 Å². The predicted molar refractivity (Wildman–Crippen MR) is 56.2 cm³/mol. The molecule has 5 nitrogen and oxygen atoms in total. The van der Waals surface area contributed by atoms with E-state index in [0.29, 0.717) is 25.3 Å². The number of pyridine rings is 1. The van der Waals surface area contributed by atoms with Crippen molar-refractivity contribution in [3.8, 4) is 6.07 Å². The van der Waals surface area contributed by atoms with E-state index < -0.39 is 12.2 Å². The summed E-state index contributed by atoms with van der Waals surface area (Å²) in [4.78, 5) is 5.83. The molecule has 0 aromatic carbocycles. The maximum atomic E-state index is 9.39. The van der Waals surface area contributed by atoms with Gasteiger partial charge in [-0.1, -0.05) is 0 Å². The summed E-state index contributed by atoms with van der Waals surface area (Å²) in [5, 5.41) is 27.5. The Labute approximate surface area is 93.6 Å². The van der Waals surface area contributed by atoms with Crippen LogP contribution in [0.1, 0.15) is 11.3 Å². The lowest BCUT2D eigenvalue weighted by Gasteiger charge is -2.14. The Balaban J connectivity index is 2.02. The fourth-order valence-electron chi connectivity index (χ4n) is 1.87. The van der Waals surface area contributed by atoms with E-state index in [9.17, 15) is 10.2 Å². The van der Waals surface area contributed by atoms with Crippen LogP contribution >= 0.6 is 0 Å². The van der Waals surface area contributed by atoms with Crippen molar-refractivity contribution in [2.24, 2.45) is 0 Å². The van der Waals surface area contributed by atoms with E-state index in [1.54, 1.807) is 12.3 Å². The van der Waals surface area contributed by atoms with Gasteiger partial charge in [-0.25, -0.2) is 4.98 Å². The highest BCUT2D eigenvalue weighted by atomic mass is 16.3. The summed E-state index contributed by atoms with van der Waals surface area (Å²) in [5.41, 5.74) is 1.35. The van der Waals surface area contributed by atoms with Crippen molar-refractivity contribution in [2.45, 2.75) is 18.8 Å². The summed E-state index contributed by atoms with van der Waals surface area (Å²) in [6, 6.07) is 5.53. The van der Waals surface area contributed by atoms with Gasteiger partial charge < -0.3 is 10.2 Å². The van der Waals surface area contributed by atoms with Crippen LogP contribution in [-0.2, 0) is 6.54 Å². The first-order valence-corrected chi connectivity index (χ1v) is 5.12. The van der Waals surface area contributed by atoms with E-state index >= 15 is 0 Å². The second-order valence-electron chi connectivity index (χ2n) is 3.99. The lowest BCUT2D eigenvalue weighted by molar-refractivity contribution is 0.0572. The number of hydrogen-bond acceptors (Lipinski definition) is 5. The van der Waals surface area contributed by atoms with E-state index in [2.05, 4.69) is 4.98 Å². The highest BCUT2D eigenvalue weighted by Crippen LogP contribution is 2.14. The number of aliphatic hydroxyl groups excluding tert-OH is 2. The van der Waals surface area contributed by atoms with Crippen molar-refractivity contribution in [3.63, 3.8) is 0 Å². The van der Waals surface area contributed by atoms with Gasteiger partial charge in [-0.3, -0.25) is 4.90 Å². The van der Waals surface area contributed by atoms with Crippen LogP contribution in [0.25, 0.3) is 0 Å². The zero-order valence-electron chi connectivity index (χ0n) is 8.74. The number of aliphatic hydroxyl groups is 2. The molecular weight excluding hydrogens is 206 g/mol. The van der Waals surface area contributed by atoms with Crippen LogP contribution in [0.2, 0.25) is 0 Å². The molecule has 0 aliphatic carbocycles. The number of nitrogens with zero attached hydrogens (tertiary/aromatic N) is 3. The first-order valence-electron chi connectivity index (χ1n) is 5.12. The fraction of sp³-hybridized carbons (Fsp3) is 0.455. The molecule has 84 valence electrons. The fourth-order valence-corrected chi connectivity index (χ4v) is 1.87. The van der Waals surface area contributed by atoms with Crippen molar-refractivity contribution in [3.05, 3.63) is 29.6 Å². The Kier molecular flexibility index (Phi) is 3.15. The molecule has 2 N–H and O–H groups in total. The second-order valence-corrected chi connectivity index (χ2v) is 3.99. The number of aromatic nitrogens is 1. The molecule has 16 heavy (non-hydrogen) atoms. The quantitative estimate of drug-likeness (QED) is 0.700. The molecule has 0 unspecified atom stereocenters. The van der Waals surface area contributed by atoms with Crippen LogP contribution in [0.15, 0.2) is 18.3 Å². The van der Waals surface area contributed by atoms with Crippen LogP contribution in [-0.4, -0.2) is 45.4 Å². The lowest BCUT2D eigenvalue weighted by atomic mass is 10.2. The Morgan fingerprint density at radius 1 is 1.44 bits per heavy atom. The molecule has 1 saturated heterocycles. The molecular formula is C11H13N3O2. The van der Waals surface area contributed by atoms with Gasteiger partial charge in [0, 0.05) is 25.8 Å². The van der Waals surface area contributed by atoms with Gasteiger partial charge in [0.25, 0.3) is 0 Å². The van der Waals surface area contributed by atoms with Crippen LogP contribution in [0, 0.1) is 11.3 Å². The summed E-state index contributed by atoms with van der Waals surface area (Å²) < 4.78 is 0. The standard InChI is InChI=1S/C11H13N3O2/c12-4-9-3-8(1-2-13-9)5-14-6-10(15)11(16)7-14/h1-3,10-11,15-16H,5-7H2/t10-,11+. The van der Waals surface area contributed by atoms with Crippen molar-refractivity contribution in [1.29, 1.82) is 5.26 Å². The highest BCUT2D eigenvalue weighted by Gasteiger charge is 2.29. The zero-order chi connectivity index (χ0) is 11.5. The monoisotopic (exact) mass is 219 g/mol. The minimum Gasteiger partial charge on any atom is -0.389 e. The van der Waals surface area contributed by atoms with Crippen LogP contribution in [0.4, 0.5) is 0 Å². The Bertz CT molecular complexity index is 406. The molecule has 0 radical (unpaired) electrons. The topological polar surface area (TPSA) is 80.4 Å². The number of likely N-dealkylation sites (tertiary alicyclic amines) is 1. The second kappa shape index (κ2) is 4.58. The zero-order valence-corrected chi connectivity index (χ0v) is 8.74. The largest absolute Gasteiger partial charge is 0.389 e. The first-order chi connectivity index (χ1) is 7.69. The molecule has 0 bridgehead atoms. The molecule has 1 aromatic rings. The third-order valence-corrected chi connectivity index (χ3v) is 2.68. The Hall–Kier alpha value is -1.48. The third-order valence-electron chi connectivity index (χ3n) is 2.68. The van der Waals surface area contributed by atoms with Crippen LogP contribution in [0.5, 0.6) is 0 Å². The van der Waals surface area contributed by atoms with Gasteiger partial charge in [-0.2, -0.15) is 5.26 Å². The SMILES string of the molecule is N#Cc1cc(CN2C[C@@H](O)[C@@H](O)C2)ccn1. The van der Waals surface area contributed by atoms with Gasteiger partial charge in [0.2, 0.25) is 0 Å². The highest BCUT2D eigenvalue weighted by molar-refractivity contribution is 5.25. The van der Waals surface area contributed by atoms with Crippen molar-refractivity contribution < 1.29 is 10.2 Å². The molecule has 0 spiro atoms. The van der Waals surface area contributed by atoms with E-state index in [0.717, 1.165) is 5.56 Å². The van der Waals surface area contributed by atoms with Crippen LogP contribution in [0.3, 0.4) is 0 Å². The molecule has 2 rings (SSSR count). The Morgan fingerprint density at radius 2 is 2.12 bits per heavy atom. The molecule has 5 heteroatoms. The third kappa shape index (κ3) is 2.36. The van der Waals surface area contributed by atoms with E-state index in [4.69, 9.17) is 5.26 Å². The molecule has 2 atom stereocenters. The van der Waals surface area contributed by atoms with Gasteiger partial charge in [-0.05, 0) is 17.7 Å². The van der Waals surface area contributed by atoms with Crippen molar-refractivity contribution in [2.75, 3.05) is 13.1 Å². The Morgan fingerprint density at radius 3 is 2.75 bits per heavy atom. The molecule has 0 amide bonds. The van der Waals surface area contributed by atoms with E-state index in [-0.39, 0.29) is 0 Å². The summed E-state index contributed by atoms with van der Waals surface area (Å²) in [5.74, 6) is 0. The molecule has 2 heterocycles. The lowest BCUT2D eigenvalue weighted by Crippen LogP contribution is -2.22. The average molecular weight is 219 g/mol. The van der Waals surface area contributed by atoms with Crippen molar-refractivity contribution >= 4 is 0 Å². The molecule has 0 saturated carbocycles. The molecule has 1 aromatic heterocycles. The van der Waals surface area contributed by atoms with Gasteiger partial charge in [0.1, 0.15) is 11.8 Å². The van der Waals surface area contributed by atoms with E-state index in [1.165, 1.54) is 0 Å². The van der Waals surface area contributed by atoms with Gasteiger partial charge in [0.05, 0.1) is 12.2 Å². The number of hydrogen-bond donors (Lipinski definition) is 2. The summed E-state index contributed by atoms with van der Waals surface area (Å²) in [6.45, 7) is 1.54. The van der Waals surface area contributed by atoms with E-state index in [1.807, 2.05) is 17.0 Å². The number of β-amino-alcohol motifs (C(OH)–C–C–N with tert-alkyl or cyclic N) is 2. The number of nitriles is 1. The van der Waals surface area contributed by atoms with Crippen LogP contribution < -0.4 is 0 Å². The summed E-state index contributed by atoms with van der Waals surface area (Å²) >= 11 is 0. The first kappa shape index (κ1) is 11.0. The minimum absolute atomic E-state index is 0.387. The smallest absolute Gasteiger partial charge is 0.140 e. The van der Waals surface area contributed by atoms with Gasteiger partial charge in [-0.15, -0.1) is 0 Å². The summed E-state index contributed by atoms with van der Waals surface area (Å²) in [6.07, 6.45) is 0.256. The maximum Gasteiger partial charge on any atom is 0.140 e. The number of rotatable bonds is 2. The molecule has 1 aliphatic rings. The predicted octanol–water partition coefficient (Wildman–Crippen LogP) is -0.509. The molecule has 1 aliphatic heterocycles. The normalized spacial score (nSPS) is 25.6. The average Bonchev–Trinajstić information content (AvgIpc) is 2.58. The van der Waals surface area contributed by atoms with Gasteiger partial charge >= 0.3 is 0 Å². The minimum atomic E-state index is -0.669. The summed E-state index contributed by atoms with van der Waals surface area (Å²) in [7, 11) is 0. The molecule has 1 fully saturated rings.